The molecule has 0 spiro atoms. The minimum atomic E-state index is -4.96. The number of phosphoric acid groups is 2. The van der Waals surface area contributed by atoms with Gasteiger partial charge in [0.1, 0.15) is 19.3 Å². The normalized spacial score (nSPS) is 14.4. The Labute approximate surface area is 568 Å². The molecule has 0 aliphatic heterocycles. The molecular weight excluding hydrogens is 1220 g/mol. The molecule has 93 heavy (non-hydrogen) atoms. The van der Waals surface area contributed by atoms with Gasteiger partial charge in [-0.2, -0.15) is 0 Å². The molecule has 0 saturated carbocycles. The minimum Gasteiger partial charge on any atom is -0.462 e. The monoisotopic (exact) mass is 1370 g/mol. The Balaban J connectivity index is 5.24. The third kappa shape index (κ3) is 67.0. The number of aliphatic hydroxyl groups is 1. The van der Waals surface area contributed by atoms with E-state index in [1.54, 1.807) is 0 Å². The van der Waals surface area contributed by atoms with E-state index in [-0.39, 0.29) is 25.7 Å². The van der Waals surface area contributed by atoms with E-state index in [1.165, 1.54) is 180 Å². The predicted octanol–water partition coefficient (Wildman–Crippen LogP) is 21.4. The van der Waals surface area contributed by atoms with E-state index >= 15 is 0 Å². The highest BCUT2D eigenvalue weighted by Gasteiger charge is 2.30. The van der Waals surface area contributed by atoms with Gasteiger partial charge in [0.05, 0.1) is 26.4 Å². The van der Waals surface area contributed by atoms with Crippen molar-refractivity contribution in [2.45, 2.75) is 394 Å². The van der Waals surface area contributed by atoms with Crippen molar-refractivity contribution in [2.75, 3.05) is 39.6 Å². The molecule has 0 aliphatic carbocycles. The fourth-order valence-corrected chi connectivity index (χ4v) is 12.8. The fourth-order valence-electron chi connectivity index (χ4n) is 11.2. The van der Waals surface area contributed by atoms with Gasteiger partial charge >= 0.3 is 39.5 Å². The Kier molecular flexibility index (Phi) is 63.4. The van der Waals surface area contributed by atoms with Crippen LogP contribution in [0.2, 0.25) is 0 Å². The van der Waals surface area contributed by atoms with Crippen molar-refractivity contribution in [3.8, 4) is 0 Å². The summed E-state index contributed by atoms with van der Waals surface area (Å²) in [4.78, 5) is 72.7. The van der Waals surface area contributed by atoms with Crippen LogP contribution in [0.15, 0.2) is 0 Å². The molecular formula is C74H144O17P2. The summed E-state index contributed by atoms with van der Waals surface area (Å²) < 4.78 is 68.4. The quantitative estimate of drug-likeness (QED) is 0.0222. The first-order chi connectivity index (χ1) is 44.8. The van der Waals surface area contributed by atoms with Crippen molar-refractivity contribution >= 4 is 39.5 Å². The Morgan fingerprint density at radius 3 is 0.817 bits per heavy atom. The average molecular weight is 1370 g/mol. The molecule has 0 heterocycles. The van der Waals surface area contributed by atoms with Crippen molar-refractivity contribution in [3.05, 3.63) is 0 Å². The Hall–Kier alpha value is -1.94. The predicted molar refractivity (Wildman–Crippen MR) is 377 cm³/mol. The van der Waals surface area contributed by atoms with Crippen molar-refractivity contribution in [1.82, 2.24) is 0 Å². The summed E-state index contributed by atoms with van der Waals surface area (Å²) >= 11 is 0. The molecule has 0 fully saturated rings. The zero-order valence-electron chi connectivity index (χ0n) is 60.7. The lowest BCUT2D eigenvalue weighted by Crippen LogP contribution is -2.30. The van der Waals surface area contributed by atoms with Crippen LogP contribution >= 0.6 is 15.6 Å². The zero-order valence-corrected chi connectivity index (χ0v) is 62.5. The second-order valence-electron chi connectivity index (χ2n) is 27.9. The summed E-state index contributed by atoms with van der Waals surface area (Å²) in [5.41, 5.74) is 0. The molecule has 0 radical (unpaired) electrons. The second kappa shape index (κ2) is 64.7. The van der Waals surface area contributed by atoms with Gasteiger partial charge < -0.3 is 33.8 Å². The number of carbonyl (C=O) groups is 4. The van der Waals surface area contributed by atoms with Gasteiger partial charge in [0, 0.05) is 25.7 Å². The van der Waals surface area contributed by atoms with E-state index < -0.39 is 97.5 Å². The number of phosphoric ester groups is 2. The number of ether oxygens (including phenoxy) is 4. The average Bonchev–Trinajstić information content (AvgIpc) is 1.57. The summed E-state index contributed by atoms with van der Waals surface area (Å²) in [5.74, 6) is 0.202. The van der Waals surface area contributed by atoms with Crippen LogP contribution in [0.3, 0.4) is 0 Å². The Morgan fingerprint density at radius 1 is 0.312 bits per heavy atom. The summed E-state index contributed by atoms with van der Waals surface area (Å²) in [7, 11) is -9.91. The van der Waals surface area contributed by atoms with Crippen molar-refractivity contribution in [3.63, 3.8) is 0 Å². The molecule has 552 valence electrons. The molecule has 0 aliphatic rings. The lowest BCUT2D eigenvalue weighted by atomic mass is 9.99. The van der Waals surface area contributed by atoms with E-state index in [1.807, 2.05) is 0 Å². The number of hydrogen-bond acceptors (Lipinski definition) is 15. The molecule has 0 aromatic heterocycles. The van der Waals surface area contributed by atoms with E-state index in [4.69, 9.17) is 37.0 Å². The Bertz CT molecular complexity index is 1820. The van der Waals surface area contributed by atoms with Crippen molar-refractivity contribution in [2.24, 2.45) is 17.8 Å². The number of hydrogen-bond donors (Lipinski definition) is 3. The molecule has 0 aromatic rings. The summed E-state index contributed by atoms with van der Waals surface area (Å²) in [6, 6.07) is 0. The topological polar surface area (TPSA) is 237 Å². The van der Waals surface area contributed by atoms with E-state index in [0.717, 1.165) is 108 Å². The van der Waals surface area contributed by atoms with Gasteiger partial charge in [-0.05, 0) is 43.4 Å². The number of rotatable bonds is 72. The number of aliphatic hydroxyl groups excluding tert-OH is 1. The van der Waals surface area contributed by atoms with E-state index in [9.17, 15) is 43.2 Å². The Morgan fingerprint density at radius 2 is 0.548 bits per heavy atom. The van der Waals surface area contributed by atoms with Gasteiger partial charge in [0.25, 0.3) is 0 Å². The summed E-state index contributed by atoms with van der Waals surface area (Å²) in [5, 5.41) is 10.6. The highest BCUT2D eigenvalue weighted by molar-refractivity contribution is 7.47. The molecule has 0 aromatic carbocycles. The van der Waals surface area contributed by atoms with Crippen LogP contribution in [0.5, 0.6) is 0 Å². The van der Waals surface area contributed by atoms with Crippen LogP contribution < -0.4 is 0 Å². The van der Waals surface area contributed by atoms with Gasteiger partial charge in [-0.1, -0.05) is 325 Å². The molecule has 3 unspecified atom stereocenters. The first kappa shape index (κ1) is 91.1. The van der Waals surface area contributed by atoms with Crippen molar-refractivity contribution in [1.29, 1.82) is 0 Å². The zero-order chi connectivity index (χ0) is 68.7. The van der Waals surface area contributed by atoms with Gasteiger partial charge in [-0.15, -0.1) is 0 Å². The smallest absolute Gasteiger partial charge is 0.462 e. The first-order valence-corrected chi connectivity index (χ1v) is 41.4. The first-order valence-electron chi connectivity index (χ1n) is 38.4. The SMILES string of the molecule is CCCCCCCCCCCCCC(=O)O[C@H](COC(=O)CCCCCCCCCC(C)C)COP(=O)(O)OC[C@H](O)COP(=O)(O)OC[C@@H](COC(=O)CCCCCCCCCCCCCC(C)C)OC(=O)CCCCCCCCCCCCCCCCC(C)CC. The number of carbonyl (C=O) groups excluding carboxylic acids is 4. The highest BCUT2D eigenvalue weighted by atomic mass is 31.2. The third-order valence-corrected chi connectivity index (χ3v) is 19.4. The molecule has 0 amide bonds. The van der Waals surface area contributed by atoms with Crippen LogP contribution in [0, 0.1) is 17.8 Å². The number of unbranched alkanes of at least 4 members (excludes halogenated alkanes) is 39. The van der Waals surface area contributed by atoms with Gasteiger partial charge in [0.2, 0.25) is 0 Å². The molecule has 0 rings (SSSR count). The van der Waals surface area contributed by atoms with Crippen molar-refractivity contribution < 1.29 is 80.2 Å². The third-order valence-electron chi connectivity index (χ3n) is 17.5. The summed E-state index contributed by atoms with van der Waals surface area (Å²) in [6.07, 6.45) is 49.9. The van der Waals surface area contributed by atoms with E-state index in [2.05, 4.69) is 48.5 Å². The van der Waals surface area contributed by atoms with E-state index in [0.29, 0.717) is 31.6 Å². The van der Waals surface area contributed by atoms with Crippen LogP contribution in [-0.2, 0) is 65.4 Å². The van der Waals surface area contributed by atoms with Crippen LogP contribution in [0.25, 0.3) is 0 Å². The highest BCUT2D eigenvalue weighted by Crippen LogP contribution is 2.45. The van der Waals surface area contributed by atoms with Crippen LogP contribution in [0.4, 0.5) is 0 Å². The largest absolute Gasteiger partial charge is 0.472 e. The molecule has 0 saturated heterocycles. The van der Waals surface area contributed by atoms with Gasteiger partial charge in [0.15, 0.2) is 12.2 Å². The second-order valence-corrected chi connectivity index (χ2v) is 30.8. The van der Waals surface area contributed by atoms with Crippen LogP contribution in [0.1, 0.15) is 376 Å². The molecule has 17 nitrogen and oxygen atoms in total. The van der Waals surface area contributed by atoms with Crippen LogP contribution in [-0.4, -0.2) is 96.7 Å². The molecule has 3 N–H and O–H groups in total. The van der Waals surface area contributed by atoms with Gasteiger partial charge in [-0.3, -0.25) is 37.3 Å². The lowest BCUT2D eigenvalue weighted by Gasteiger charge is -2.21. The maximum absolute atomic E-state index is 13.1. The fraction of sp³-hybridized carbons (Fsp3) is 0.946. The molecule has 0 bridgehead atoms. The maximum Gasteiger partial charge on any atom is 0.472 e. The maximum atomic E-state index is 13.1. The lowest BCUT2D eigenvalue weighted by molar-refractivity contribution is -0.161. The standard InChI is InChI=1S/C74H144O17P2/c1-8-10-11-12-13-14-20-28-35-43-50-57-73(78)91-70(62-85-72(77)56-49-42-37-30-32-39-46-53-66(5)6)64-89-93(82,83)87-60-68(75)59-86-92(80,81)88-63-69(61-84-71(76)55-48-41-34-27-24-19-21-25-31-38-45-52-65(3)4)90-74(79)58-51-44-36-29-23-18-16-15-17-22-26-33-40-47-54-67(7)9-2/h65-70,75H,8-64H2,1-7H3,(H,80,81)(H,82,83)/t67?,68-,69-,70-/m1/s1. The summed E-state index contributed by atoms with van der Waals surface area (Å²) in [6.45, 7) is 11.9. The molecule has 6 atom stereocenters. The van der Waals surface area contributed by atoms with Gasteiger partial charge in [-0.25, -0.2) is 9.13 Å². The molecule has 19 heteroatoms. The minimum absolute atomic E-state index is 0.106. The number of esters is 4.